The smallest absolute Gasteiger partial charge is 0.142 e. The summed E-state index contributed by atoms with van der Waals surface area (Å²) in [6.45, 7) is 2.11. The third-order valence-electron chi connectivity index (χ3n) is 5.63. The number of furan rings is 1. The summed E-state index contributed by atoms with van der Waals surface area (Å²) in [6, 6.07) is 40.3. The van der Waals surface area contributed by atoms with Crippen LogP contribution >= 0.6 is 0 Å². The zero-order valence-electron chi connectivity index (χ0n) is 17.6. The molecule has 1 heteroatoms. The highest BCUT2D eigenvalue weighted by molar-refractivity contribution is 5.94. The monoisotopic (exact) mass is 400 g/mol. The first-order valence-electron chi connectivity index (χ1n) is 10.7. The molecule has 5 aromatic rings. The molecule has 0 bridgehead atoms. The first kappa shape index (κ1) is 19.1. The molecule has 0 aliphatic heterocycles. The summed E-state index contributed by atoms with van der Waals surface area (Å²) in [5.41, 5.74) is 8.25. The van der Waals surface area contributed by atoms with Crippen molar-refractivity contribution < 1.29 is 4.42 Å². The Hall–Kier alpha value is -3.84. The quantitative estimate of drug-likeness (QED) is 0.290. The van der Waals surface area contributed by atoms with E-state index < -0.39 is 0 Å². The zero-order chi connectivity index (χ0) is 21.0. The molecule has 150 valence electrons. The van der Waals surface area contributed by atoms with Gasteiger partial charge < -0.3 is 4.42 Å². The molecular formula is C30H24O. The van der Waals surface area contributed by atoms with Crippen molar-refractivity contribution in [1.29, 1.82) is 0 Å². The largest absolute Gasteiger partial charge is 0.459 e. The van der Waals surface area contributed by atoms with Crippen LogP contribution in [-0.4, -0.2) is 0 Å². The van der Waals surface area contributed by atoms with Gasteiger partial charge in [-0.1, -0.05) is 121 Å². The highest BCUT2D eigenvalue weighted by atomic mass is 16.3. The molecule has 1 aromatic heterocycles. The second-order valence-corrected chi connectivity index (χ2v) is 7.86. The first-order chi connectivity index (χ1) is 15.3. The molecule has 0 spiro atoms. The number of aryl methyl sites for hydroxylation is 1. The molecule has 0 atom stereocenters. The van der Waals surface area contributed by atoms with Crippen molar-refractivity contribution in [2.45, 2.75) is 13.3 Å². The Morgan fingerprint density at radius 2 is 1.03 bits per heavy atom. The Balaban J connectivity index is 1.79. The van der Waals surface area contributed by atoms with Crippen LogP contribution in [0.2, 0.25) is 0 Å². The lowest BCUT2D eigenvalue weighted by Crippen LogP contribution is -1.90. The highest BCUT2D eigenvalue weighted by Crippen LogP contribution is 2.45. The van der Waals surface area contributed by atoms with Gasteiger partial charge in [-0.15, -0.1) is 0 Å². The summed E-state index contributed by atoms with van der Waals surface area (Å²) >= 11 is 0. The minimum atomic E-state index is 0.747. The molecule has 31 heavy (non-hydrogen) atoms. The molecule has 4 aromatic carbocycles. The van der Waals surface area contributed by atoms with Crippen LogP contribution in [-0.2, 0) is 6.42 Å². The van der Waals surface area contributed by atoms with E-state index in [0.717, 1.165) is 29.1 Å². The molecule has 0 unspecified atom stereocenters. The second kappa shape index (κ2) is 8.49. The lowest BCUT2D eigenvalue weighted by atomic mass is 9.91. The molecule has 0 saturated heterocycles. The maximum atomic E-state index is 6.68. The average molecular weight is 401 g/mol. The van der Waals surface area contributed by atoms with Crippen LogP contribution in [0.1, 0.15) is 16.9 Å². The number of hydrogen-bond donors (Lipinski definition) is 0. The fourth-order valence-corrected chi connectivity index (χ4v) is 4.08. The van der Waals surface area contributed by atoms with Crippen molar-refractivity contribution in [3.8, 4) is 33.6 Å². The van der Waals surface area contributed by atoms with Gasteiger partial charge in [0.2, 0.25) is 0 Å². The van der Waals surface area contributed by atoms with E-state index in [9.17, 15) is 0 Å². The van der Waals surface area contributed by atoms with E-state index in [0.29, 0.717) is 0 Å². The van der Waals surface area contributed by atoms with E-state index in [-0.39, 0.29) is 0 Å². The minimum absolute atomic E-state index is 0.747. The maximum absolute atomic E-state index is 6.68. The van der Waals surface area contributed by atoms with E-state index in [1.54, 1.807) is 0 Å². The molecule has 1 nitrogen and oxygen atoms in total. The summed E-state index contributed by atoms with van der Waals surface area (Å²) in [7, 11) is 0. The van der Waals surface area contributed by atoms with E-state index >= 15 is 0 Å². The molecule has 5 rings (SSSR count). The lowest BCUT2D eigenvalue weighted by Gasteiger charge is -2.08. The van der Waals surface area contributed by atoms with Crippen LogP contribution in [0.25, 0.3) is 33.6 Å². The minimum Gasteiger partial charge on any atom is -0.459 e. The van der Waals surface area contributed by atoms with Crippen molar-refractivity contribution in [2.75, 3.05) is 0 Å². The zero-order valence-corrected chi connectivity index (χ0v) is 17.6. The third kappa shape index (κ3) is 3.95. The number of rotatable bonds is 5. The summed E-state index contributed by atoms with van der Waals surface area (Å²) in [5, 5.41) is 0. The maximum Gasteiger partial charge on any atom is 0.142 e. The van der Waals surface area contributed by atoms with Crippen LogP contribution in [0, 0.1) is 6.92 Å². The van der Waals surface area contributed by atoms with Crippen molar-refractivity contribution in [1.82, 2.24) is 0 Å². The van der Waals surface area contributed by atoms with E-state index in [2.05, 4.69) is 122 Å². The van der Waals surface area contributed by atoms with E-state index in [1.807, 2.05) is 0 Å². The van der Waals surface area contributed by atoms with Gasteiger partial charge in [-0.25, -0.2) is 0 Å². The van der Waals surface area contributed by atoms with Gasteiger partial charge in [0.25, 0.3) is 0 Å². The Bertz CT molecular complexity index is 1270. The normalized spacial score (nSPS) is 10.9. The fraction of sp³-hybridized carbons (Fsp3) is 0.0667. The van der Waals surface area contributed by atoms with E-state index in [4.69, 9.17) is 4.42 Å². The Morgan fingerprint density at radius 3 is 1.61 bits per heavy atom. The Labute approximate surface area is 183 Å². The van der Waals surface area contributed by atoms with Gasteiger partial charge in [-0.3, -0.25) is 0 Å². The van der Waals surface area contributed by atoms with Crippen molar-refractivity contribution in [2.24, 2.45) is 0 Å². The van der Waals surface area contributed by atoms with Crippen molar-refractivity contribution >= 4 is 0 Å². The highest BCUT2D eigenvalue weighted by Gasteiger charge is 2.24. The van der Waals surface area contributed by atoms with Gasteiger partial charge in [0.1, 0.15) is 11.5 Å². The summed E-state index contributed by atoms with van der Waals surface area (Å²) in [6.07, 6.45) is 0.747. The standard InChI is InChI=1S/C30H24O/c1-22-17-19-26(20-18-22)30-29(25-15-9-4-10-16-25)28(24-13-7-3-8-14-24)27(31-30)21-23-11-5-2-6-12-23/h2-20H,21H2,1H3. The van der Waals surface area contributed by atoms with Crippen LogP contribution in [0.4, 0.5) is 0 Å². The average Bonchev–Trinajstić information content (AvgIpc) is 3.20. The van der Waals surface area contributed by atoms with Gasteiger partial charge in [0.05, 0.1) is 0 Å². The molecule has 0 fully saturated rings. The second-order valence-electron chi connectivity index (χ2n) is 7.86. The molecule has 0 amide bonds. The predicted molar refractivity (Wildman–Crippen MR) is 129 cm³/mol. The van der Waals surface area contributed by atoms with Crippen LogP contribution in [0.3, 0.4) is 0 Å². The van der Waals surface area contributed by atoms with Crippen molar-refractivity contribution in [3.05, 3.63) is 132 Å². The fourth-order valence-electron chi connectivity index (χ4n) is 4.08. The van der Waals surface area contributed by atoms with E-state index in [1.165, 1.54) is 27.8 Å². The Morgan fingerprint density at radius 1 is 0.516 bits per heavy atom. The number of hydrogen-bond acceptors (Lipinski definition) is 1. The van der Waals surface area contributed by atoms with Gasteiger partial charge in [-0.2, -0.15) is 0 Å². The van der Waals surface area contributed by atoms with Gasteiger partial charge >= 0.3 is 0 Å². The summed E-state index contributed by atoms with van der Waals surface area (Å²) < 4.78 is 6.68. The summed E-state index contributed by atoms with van der Waals surface area (Å²) in [5.74, 6) is 1.92. The molecule has 0 saturated carbocycles. The van der Waals surface area contributed by atoms with Gasteiger partial charge in [0, 0.05) is 23.1 Å². The SMILES string of the molecule is Cc1ccc(-c2oc(Cc3ccccc3)c(-c3ccccc3)c2-c2ccccc2)cc1. The molecular weight excluding hydrogens is 376 g/mol. The molecule has 0 aliphatic carbocycles. The third-order valence-corrected chi connectivity index (χ3v) is 5.63. The first-order valence-corrected chi connectivity index (χ1v) is 10.7. The predicted octanol–water partition coefficient (Wildman–Crippen LogP) is 8.18. The van der Waals surface area contributed by atoms with Crippen LogP contribution < -0.4 is 0 Å². The number of benzene rings is 4. The van der Waals surface area contributed by atoms with Crippen LogP contribution in [0.5, 0.6) is 0 Å². The van der Waals surface area contributed by atoms with Gasteiger partial charge in [-0.05, 0) is 23.6 Å². The molecule has 0 N–H and O–H groups in total. The lowest BCUT2D eigenvalue weighted by molar-refractivity contribution is 0.536. The Kier molecular flexibility index (Phi) is 5.24. The molecule has 0 radical (unpaired) electrons. The topological polar surface area (TPSA) is 13.1 Å². The molecule has 1 heterocycles. The molecule has 0 aliphatic rings. The van der Waals surface area contributed by atoms with Crippen LogP contribution in [0.15, 0.2) is 120 Å². The summed E-state index contributed by atoms with van der Waals surface area (Å²) in [4.78, 5) is 0. The van der Waals surface area contributed by atoms with Crippen molar-refractivity contribution in [3.63, 3.8) is 0 Å². The van der Waals surface area contributed by atoms with Gasteiger partial charge in [0.15, 0.2) is 0 Å².